The normalized spacial score (nSPS) is 11.8. The number of halogens is 2. The van der Waals surface area contributed by atoms with Crippen LogP contribution in [0.3, 0.4) is 0 Å². The summed E-state index contributed by atoms with van der Waals surface area (Å²) >= 11 is 3.00. The molecule has 2 N–H and O–H groups in total. The summed E-state index contributed by atoms with van der Waals surface area (Å²) < 4.78 is 13.2. The Kier molecular flexibility index (Phi) is 4.47. The lowest BCUT2D eigenvalue weighted by Crippen LogP contribution is -2.28. The van der Waals surface area contributed by atoms with Crippen molar-refractivity contribution in [1.29, 1.82) is 0 Å². The lowest BCUT2D eigenvalue weighted by Gasteiger charge is -2.13. The van der Waals surface area contributed by atoms with Gasteiger partial charge >= 0.3 is 5.97 Å². The molecular weight excluding hydrogens is 277 g/mol. The van der Waals surface area contributed by atoms with Crippen molar-refractivity contribution < 1.29 is 14.3 Å². The van der Waals surface area contributed by atoms with Crippen molar-refractivity contribution in [3.05, 3.63) is 34.1 Å². The lowest BCUT2D eigenvalue weighted by molar-refractivity contribution is -0.139. The maximum Gasteiger partial charge on any atom is 0.325 e. The average Bonchev–Trinajstić information content (AvgIpc) is 2.23. The molecule has 0 fully saturated rings. The SMILES string of the molecule is C#CCNC(C(=O)O)c1ccc(F)c(Br)c1. The largest absolute Gasteiger partial charge is 0.480 e. The van der Waals surface area contributed by atoms with E-state index < -0.39 is 17.8 Å². The van der Waals surface area contributed by atoms with E-state index in [0.717, 1.165) is 0 Å². The van der Waals surface area contributed by atoms with E-state index in [1.54, 1.807) is 0 Å². The summed E-state index contributed by atoms with van der Waals surface area (Å²) in [6.45, 7) is 0.131. The summed E-state index contributed by atoms with van der Waals surface area (Å²) in [5, 5.41) is 11.6. The van der Waals surface area contributed by atoms with Gasteiger partial charge in [0.25, 0.3) is 0 Å². The van der Waals surface area contributed by atoms with Crippen molar-refractivity contribution in [2.45, 2.75) is 6.04 Å². The van der Waals surface area contributed by atoms with Crippen molar-refractivity contribution in [3.8, 4) is 12.3 Å². The highest BCUT2D eigenvalue weighted by atomic mass is 79.9. The second-order valence-corrected chi connectivity index (χ2v) is 3.88. The zero-order valence-corrected chi connectivity index (χ0v) is 9.79. The van der Waals surface area contributed by atoms with Crippen LogP contribution in [0.15, 0.2) is 22.7 Å². The molecule has 0 radical (unpaired) electrons. The van der Waals surface area contributed by atoms with Crippen LogP contribution in [0.25, 0.3) is 0 Å². The van der Waals surface area contributed by atoms with Gasteiger partial charge in [0.05, 0.1) is 11.0 Å². The first kappa shape index (κ1) is 12.7. The molecule has 3 nitrogen and oxygen atoms in total. The third-order valence-corrected chi connectivity index (χ3v) is 2.54. The molecule has 0 aliphatic rings. The standard InChI is InChI=1S/C11H9BrFNO2/c1-2-5-14-10(11(15)16)7-3-4-9(13)8(12)6-7/h1,3-4,6,10,14H,5H2,(H,15,16). The second-order valence-electron chi connectivity index (χ2n) is 3.03. The summed E-state index contributed by atoms with van der Waals surface area (Å²) in [5.41, 5.74) is 0.441. The van der Waals surface area contributed by atoms with Gasteiger partial charge in [-0.25, -0.2) is 4.39 Å². The van der Waals surface area contributed by atoms with Crippen molar-refractivity contribution in [2.75, 3.05) is 6.54 Å². The molecule has 0 aliphatic carbocycles. The first-order valence-electron chi connectivity index (χ1n) is 4.41. The molecule has 0 amide bonds. The molecule has 1 rings (SSSR count). The van der Waals surface area contributed by atoms with Gasteiger partial charge in [0.1, 0.15) is 11.9 Å². The van der Waals surface area contributed by atoms with Crippen LogP contribution in [0.2, 0.25) is 0 Å². The number of carboxylic acid groups (broad SMARTS) is 1. The van der Waals surface area contributed by atoms with Crippen molar-refractivity contribution >= 4 is 21.9 Å². The van der Waals surface area contributed by atoms with E-state index in [-0.39, 0.29) is 11.0 Å². The highest BCUT2D eigenvalue weighted by Crippen LogP contribution is 2.21. The van der Waals surface area contributed by atoms with Crippen LogP contribution >= 0.6 is 15.9 Å². The predicted molar refractivity (Wildman–Crippen MR) is 61.3 cm³/mol. The number of hydrogen-bond donors (Lipinski definition) is 2. The van der Waals surface area contributed by atoms with Crippen molar-refractivity contribution in [2.24, 2.45) is 0 Å². The van der Waals surface area contributed by atoms with Crippen LogP contribution in [0.4, 0.5) is 4.39 Å². The van der Waals surface area contributed by atoms with Gasteiger partial charge in [-0.2, -0.15) is 0 Å². The van der Waals surface area contributed by atoms with E-state index in [1.165, 1.54) is 18.2 Å². The number of carboxylic acids is 1. The maximum atomic E-state index is 13.0. The number of carbonyl (C=O) groups is 1. The van der Waals surface area contributed by atoms with Gasteiger partial charge in [-0.05, 0) is 33.6 Å². The van der Waals surface area contributed by atoms with Crippen LogP contribution in [-0.4, -0.2) is 17.6 Å². The fourth-order valence-corrected chi connectivity index (χ4v) is 1.60. The van der Waals surface area contributed by atoms with Crippen LogP contribution in [0, 0.1) is 18.2 Å². The number of benzene rings is 1. The van der Waals surface area contributed by atoms with E-state index in [2.05, 4.69) is 27.2 Å². The molecule has 0 spiro atoms. The summed E-state index contributed by atoms with van der Waals surface area (Å²) in [6.07, 6.45) is 5.03. The number of rotatable bonds is 4. The minimum atomic E-state index is -1.06. The van der Waals surface area contributed by atoms with E-state index in [4.69, 9.17) is 11.5 Å². The summed E-state index contributed by atoms with van der Waals surface area (Å²) in [5.74, 6) is 0.787. The third kappa shape index (κ3) is 3.05. The Morgan fingerprint density at radius 2 is 2.38 bits per heavy atom. The average molecular weight is 286 g/mol. The molecule has 1 atom stereocenters. The first-order valence-corrected chi connectivity index (χ1v) is 5.20. The van der Waals surface area contributed by atoms with E-state index >= 15 is 0 Å². The Hall–Kier alpha value is -1.38. The van der Waals surface area contributed by atoms with Gasteiger partial charge in [0.15, 0.2) is 0 Å². The minimum absolute atomic E-state index is 0.131. The van der Waals surface area contributed by atoms with Crippen LogP contribution in [-0.2, 0) is 4.79 Å². The molecule has 0 bridgehead atoms. The zero-order chi connectivity index (χ0) is 12.1. The van der Waals surface area contributed by atoms with E-state index in [0.29, 0.717) is 5.56 Å². The minimum Gasteiger partial charge on any atom is -0.480 e. The van der Waals surface area contributed by atoms with Gasteiger partial charge in [-0.3, -0.25) is 10.1 Å². The molecular formula is C11H9BrFNO2. The van der Waals surface area contributed by atoms with E-state index in [1.807, 2.05) is 0 Å². The Balaban J connectivity index is 2.97. The Bertz CT molecular complexity index is 442. The van der Waals surface area contributed by atoms with Gasteiger partial charge in [-0.15, -0.1) is 6.42 Å². The monoisotopic (exact) mass is 285 g/mol. The predicted octanol–water partition coefficient (Wildman–Crippen LogP) is 1.94. The maximum absolute atomic E-state index is 13.0. The number of terminal acetylenes is 1. The topological polar surface area (TPSA) is 49.3 Å². The number of nitrogens with one attached hydrogen (secondary N) is 1. The number of hydrogen-bond acceptors (Lipinski definition) is 2. The quantitative estimate of drug-likeness (QED) is 0.832. The molecule has 84 valence electrons. The highest BCUT2D eigenvalue weighted by molar-refractivity contribution is 9.10. The summed E-state index contributed by atoms with van der Waals surface area (Å²) in [6, 6.07) is 3.08. The van der Waals surface area contributed by atoms with Gasteiger partial charge in [-0.1, -0.05) is 12.0 Å². The second kappa shape index (κ2) is 5.64. The fourth-order valence-electron chi connectivity index (χ4n) is 1.20. The molecule has 1 aromatic rings. The Morgan fingerprint density at radius 3 is 2.88 bits per heavy atom. The van der Waals surface area contributed by atoms with E-state index in [9.17, 15) is 9.18 Å². The Morgan fingerprint density at radius 1 is 1.69 bits per heavy atom. The lowest BCUT2D eigenvalue weighted by atomic mass is 10.1. The number of aliphatic carboxylic acids is 1. The van der Waals surface area contributed by atoms with Crippen LogP contribution < -0.4 is 5.32 Å². The summed E-state index contributed by atoms with van der Waals surface area (Å²) in [4.78, 5) is 11.0. The van der Waals surface area contributed by atoms with Crippen molar-refractivity contribution in [3.63, 3.8) is 0 Å². The smallest absolute Gasteiger partial charge is 0.325 e. The first-order chi connectivity index (χ1) is 7.56. The zero-order valence-electron chi connectivity index (χ0n) is 8.21. The molecule has 0 aliphatic heterocycles. The van der Waals surface area contributed by atoms with Crippen LogP contribution in [0.1, 0.15) is 11.6 Å². The van der Waals surface area contributed by atoms with Crippen molar-refractivity contribution in [1.82, 2.24) is 5.32 Å². The molecule has 5 heteroatoms. The van der Waals surface area contributed by atoms with Crippen LogP contribution in [0.5, 0.6) is 0 Å². The fraction of sp³-hybridized carbons (Fsp3) is 0.182. The van der Waals surface area contributed by atoms with Gasteiger partial charge in [0, 0.05) is 0 Å². The molecule has 0 heterocycles. The molecule has 1 unspecified atom stereocenters. The third-order valence-electron chi connectivity index (χ3n) is 1.93. The molecule has 16 heavy (non-hydrogen) atoms. The highest BCUT2D eigenvalue weighted by Gasteiger charge is 2.19. The molecule has 0 saturated heterocycles. The van der Waals surface area contributed by atoms with Gasteiger partial charge < -0.3 is 5.11 Å². The summed E-state index contributed by atoms with van der Waals surface area (Å²) in [7, 11) is 0. The Labute approximate surface area is 101 Å². The van der Waals surface area contributed by atoms with Gasteiger partial charge in [0.2, 0.25) is 0 Å². The molecule has 0 saturated carbocycles. The molecule has 1 aromatic carbocycles. The molecule has 0 aromatic heterocycles.